The predicted octanol–water partition coefficient (Wildman–Crippen LogP) is 0.750. The minimum Gasteiger partial charge on any atom is -0.287 e. The first kappa shape index (κ1) is 9.51. The van der Waals surface area contributed by atoms with Gasteiger partial charge < -0.3 is 0 Å². The van der Waals surface area contributed by atoms with Crippen LogP contribution in [0.2, 0.25) is 0 Å². The van der Waals surface area contributed by atoms with E-state index in [0.29, 0.717) is 17.0 Å². The third-order valence-electron chi connectivity index (χ3n) is 2.20. The highest BCUT2D eigenvalue weighted by Gasteiger charge is 2.15. The van der Waals surface area contributed by atoms with E-state index < -0.39 is 0 Å². The van der Waals surface area contributed by atoms with Gasteiger partial charge in [-0.05, 0) is 19.1 Å². The van der Waals surface area contributed by atoms with Gasteiger partial charge in [0.1, 0.15) is 5.69 Å². The van der Waals surface area contributed by atoms with E-state index in [1.54, 1.807) is 32.3 Å². The third kappa shape index (κ3) is 1.63. The molecule has 5 heteroatoms. The van der Waals surface area contributed by atoms with E-state index in [1.165, 1.54) is 10.9 Å². The molecule has 0 N–H and O–H groups in total. The number of hydrogen-bond donors (Lipinski definition) is 0. The van der Waals surface area contributed by atoms with Crippen molar-refractivity contribution in [3.05, 3.63) is 41.5 Å². The minimum atomic E-state index is -0.104. The molecule has 0 aromatic carbocycles. The summed E-state index contributed by atoms with van der Waals surface area (Å²) in [4.78, 5) is 16.1. The van der Waals surface area contributed by atoms with E-state index in [9.17, 15) is 4.79 Å². The molecule has 0 aliphatic rings. The Kier molecular flexibility index (Phi) is 2.29. The average molecular weight is 202 g/mol. The first-order chi connectivity index (χ1) is 7.20. The lowest BCUT2D eigenvalue weighted by Crippen LogP contribution is -2.10. The Morgan fingerprint density at radius 2 is 2.27 bits per heavy atom. The summed E-state index contributed by atoms with van der Waals surface area (Å²) in [5.74, 6) is -0.104. The molecule has 0 aliphatic heterocycles. The van der Waals surface area contributed by atoms with Gasteiger partial charge in [0, 0.05) is 24.5 Å². The SMILES string of the molecule is Cc1ncccc1C(=O)c1cnnn1C. The number of carbonyl (C=O) groups is 1. The Morgan fingerprint density at radius 1 is 1.47 bits per heavy atom. The number of pyridine rings is 1. The number of aryl methyl sites for hydroxylation is 2. The van der Waals surface area contributed by atoms with E-state index in [2.05, 4.69) is 15.3 Å². The smallest absolute Gasteiger partial charge is 0.214 e. The van der Waals surface area contributed by atoms with Crippen LogP contribution >= 0.6 is 0 Å². The second-order valence-electron chi connectivity index (χ2n) is 3.21. The zero-order valence-electron chi connectivity index (χ0n) is 8.51. The summed E-state index contributed by atoms with van der Waals surface area (Å²) in [5.41, 5.74) is 1.76. The van der Waals surface area contributed by atoms with Crippen molar-refractivity contribution in [2.75, 3.05) is 0 Å². The van der Waals surface area contributed by atoms with Gasteiger partial charge in [-0.2, -0.15) is 0 Å². The monoisotopic (exact) mass is 202 g/mol. The fourth-order valence-corrected chi connectivity index (χ4v) is 1.36. The number of rotatable bonds is 2. The summed E-state index contributed by atoms with van der Waals surface area (Å²) in [6.07, 6.45) is 3.11. The van der Waals surface area contributed by atoms with E-state index in [0.717, 1.165) is 0 Å². The molecule has 2 aromatic heterocycles. The molecule has 0 aliphatic carbocycles. The summed E-state index contributed by atoms with van der Waals surface area (Å²) in [5, 5.41) is 7.39. The van der Waals surface area contributed by atoms with E-state index in [-0.39, 0.29) is 5.78 Å². The molecule has 2 aromatic rings. The Hall–Kier alpha value is -2.04. The Morgan fingerprint density at radius 3 is 2.87 bits per heavy atom. The molecule has 5 nitrogen and oxygen atoms in total. The molecule has 0 unspecified atom stereocenters. The van der Waals surface area contributed by atoms with Gasteiger partial charge >= 0.3 is 0 Å². The van der Waals surface area contributed by atoms with Gasteiger partial charge in [-0.25, -0.2) is 4.68 Å². The Balaban J connectivity index is 2.46. The summed E-state index contributed by atoms with van der Waals surface area (Å²) >= 11 is 0. The summed E-state index contributed by atoms with van der Waals surface area (Å²) in [6, 6.07) is 3.49. The van der Waals surface area contributed by atoms with Gasteiger partial charge in [-0.1, -0.05) is 5.21 Å². The molecule has 0 radical (unpaired) electrons. The van der Waals surface area contributed by atoms with Crippen molar-refractivity contribution < 1.29 is 4.79 Å². The maximum Gasteiger partial charge on any atom is 0.214 e. The molecule has 15 heavy (non-hydrogen) atoms. The predicted molar refractivity (Wildman–Crippen MR) is 53.4 cm³/mol. The highest BCUT2D eigenvalue weighted by atomic mass is 16.1. The maximum absolute atomic E-state index is 12.0. The molecule has 2 rings (SSSR count). The van der Waals surface area contributed by atoms with Gasteiger partial charge in [-0.3, -0.25) is 9.78 Å². The largest absolute Gasteiger partial charge is 0.287 e. The summed E-state index contributed by atoms with van der Waals surface area (Å²) < 4.78 is 1.45. The lowest BCUT2D eigenvalue weighted by atomic mass is 10.1. The van der Waals surface area contributed by atoms with Crippen LogP contribution < -0.4 is 0 Å². The van der Waals surface area contributed by atoms with Gasteiger partial charge in [0.2, 0.25) is 5.78 Å². The van der Waals surface area contributed by atoms with Crippen LogP contribution in [0.15, 0.2) is 24.5 Å². The highest BCUT2D eigenvalue weighted by molar-refractivity contribution is 6.08. The molecule has 0 spiro atoms. The summed E-state index contributed by atoms with van der Waals surface area (Å²) in [6.45, 7) is 1.80. The van der Waals surface area contributed by atoms with Crippen molar-refractivity contribution in [3.8, 4) is 0 Å². The Bertz CT molecular complexity index is 504. The number of ketones is 1. The van der Waals surface area contributed by atoms with Crippen molar-refractivity contribution >= 4 is 5.78 Å². The molecule has 0 fully saturated rings. The van der Waals surface area contributed by atoms with Crippen LogP contribution in [0, 0.1) is 6.92 Å². The molecule has 0 atom stereocenters. The zero-order valence-corrected chi connectivity index (χ0v) is 8.51. The fraction of sp³-hybridized carbons (Fsp3) is 0.200. The topological polar surface area (TPSA) is 60.7 Å². The molecule has 0 bridgehead atoms. The van der Waals surface area contributed by atoms with Crippen LogP contribution in [-0.4, -0.2) is 25.8 Å². The van der Waals surface area contributed by atoms with Gasteiger partial charge in [0.25, 0.3) is 0 Å². The lowest BCUT2D eigenvalue weighted by molar-refractivity contribution is 0.102. The van der Waals surface area contributed by atoms with E-state index in [4.69, 9.17) is 0 Å². The van der Waals surface area contributed by atoms with Gasteiger partial charge in [0.05, 0.1) is 6.20 Å². The van der Waals surface area contributed by atoms with Crippen LogP contribution in [0.1, 0.15) is 21.7 Å². The standard InChI is InChI=1S/C10H10N4O/c1-7-8(4-3-5-11-7)10(15)9-6-12-13-14(9)2/h3-6H,1-2H3. The first-order valence-corrected chi connectivity index (χ1v) is 4.51. The van der Waals surface area contributed by atoms with Crippen LogP contribution in [0.3, 0.4) is 0 Å². The average Bonchev–Trinajstić information content (AvgIpc) is 2.64. The first-order valence-electron chi connectivity index (χ1n) is 4.51. The van der Waals surface area contributed by atoms with Gasteiger partial charge in [-0.15, -0.1) is 5.10 Å². The molecule has 0 amide bonds. The minimum absolute atomic E-state index is 0.104. The molecule has 2 heterocycles. The van der Waals surface area contributed by atoms with Crippen LogP contribution in [-0.2, 0) is 7.05 Å². The molecule has 76 valence electrons. The van der Waals surface area contributed by atoms with E-state index in [1.807, 2.05) is 0 Å². The van der Waals surface area contributed by atoms with Crippen molar-refractivity contribution in [1.82, 2.24) is 20.0 Å². The van der Waals surface area contributed by atoms with Gasteiger partial charge in [0.15, 0.2) is 0 Å². The second-order valence-corrected chi connectivity index (χ2v) is 3.21. The molecular weight excluding hydrogens is 192 g/mol. The van der Waals surface area contributed by atoms with Crippen LogP contribution in [0.4, 0.5) is 0 Å². The van der Waals surface area contributed by atoms with Crippen LogP contribution in [0.25, 0.3) is 0 Å². The summed E-state index contributed by atoms with van der Waals surface area (Å²) in [7, 11) is 1.69. The van der Waals surface area contributed by atoms with Crippen molar-refractivity contribution in [2.24, 2.45) is 7.05 Å². The van der Waals surface area contributed by atoms with Crippen LogP contribution in [0.5, 0.6) is 0 Å². The van der Waals surface area contributed by atoms with Crippen molar-refractivity contribution in [3.63, 3.8) is 0 Å². The number of nitrogens with zero attached hydrogens (tertiary/aromatic N) is 4. The fourth-order valence-electron chi connectivity index (χ4n) is 1.36. The number of aromatic nitrogens is 4. The number of hydrogen-bond acceptors (Lipinski definition) is 4. The Labute approximate surface area is 86.8 Å². The second kappa shape index (κ2) is 3.61. The van der Waals surface area contributed by atoms with Crippen molar-refractivity contribution in [1.29, 1.82) is 0 Å². The zero-order chi connectivity index (χ0) is 10.8. The lowest BCUT2D eigenvalue weighted by Gasteiger charge is -2.02. The molecule has 0 saturated heterocycles. The third-order valence-corrected chi connectivity index (χ3v) is 2.20. The normalized spacial score (nSPS) is 10.3. The highest BCUT2D eigenvalue weighted by Crippen LogP contribution is 2.10. The quantitative estimate of drug-likeness (QED) is 0.674. The molecular formula is C10H10N4O. The molecule has 0 saturated carbocycles. The van der Waals surface area contributed by atoms with Crippen molar-refractivity contribution in [2.45, 2.75) is 6.92 Å². The number of carbonyl (C=O) groups excluding carboxylic acids is 1. The van der Waals surface area contributed by atoms with E-state index >= 15 is 0 Å². The maximum atomic E-state index is 12.0.